The van der Waals surface area contributed by atoms with Crippen LogP contribution in [-0.4, -0.2) is 77.2 Å². The molecule has 3 aromatic rings. The molecule has 1 aliphatic heterocycles. The Balaban J connectivity index is 1.57. The van der Waals surface area contributed by atoms with Crippen LogP contribution in [0.5, 0.6) is 0 Å². The van der Waals surface area contributed by atoms with Crippen molar-refractivity contribution >= 4 is 17.1 Å². The van der Waals surface area contributed by atoms with E-state index in [1.165, 1.54) is 0 Å². The number of pyridine rings is 1. The molecule has 2 aromatic heterocycles. The number of amides is 1. The van der Waals surface area contributed by atoms with Gasteiger partial charge in [-0.3, -0.25) is 9.36 Å². The molecule has 28 heavy (non-hydrogen) atoms. The van der Waals surface area contributed by atoms with Crippen molar-refractivity contribution in [3.8, 4) is 5.69 Å². The zero-order valence-corrected chi connectivity index (χ0v) is 16.3. The molecule has 1 atom stereocenters. The number of carbonyl (C=O) groups is 1. The number of para-hydroxylation sites is 1. The van der Waals surface area contributed by atoms with Gasteiger partial charge in [-0.2, -0.15) is 0 Å². The Labute approximate surface area is 164 Å². The largest absolute Gasteiger partial charge is 0.379 e. The molecule has 1 saturated heterocycles. The SMILES string of the molecule is CN(C)CC1COCCN(C(=O)c2cnc3c(c2)ncn3-c2ccccc2)C1. The molecular weight excluding hydrogens is 354 g/mol. The van der Waals surface area contributed by atoms with E-state index in [2.05, 4.69) is 14.9 Å². The molecule has 0 N–H and O–H groups in total. The number of nitrogens with zero attached hydrogens (tertiary/aromatic N) is 5. The van der Waals surface area contributed by atoms with Crippen molar-refractivity contribution in [3.05, 3.63) is 54.5 Å². The van der Waals surface area contributed by atoms with E-state index in [0.29, 0.717) is 43.3 Å². The fourth-order valence-electron chi connectivity index (χ4n) is 3.67. The van der Waals surface area contributed by atoms with Crippen molar-refractivity contribution in [2.45, 2.75) is 0 Å². The number of carbonyl (C=O) groups excluding carboxylic acids is 1. The van der Waals surface area contributed by atoms with E-state index >= 15 is 0 Å². The molecule has 0 aliphatic carbocycles. The Hall–Kier alpha value is -2.77. The van der Waals surface area contributed by atoms with Gasteiger partial charge in [-0.05, 0) is 32.3 Å². The van der Waals surface area contributed by atoms with Gasteiger partial charge in [0.15, 0.2) is 5.65 Å². The van der Waals surface area contributed by atoms with Crippen LogP contribution in [0.15, 0.2) is 48.9 Å². The van der Waals surface area contributed by atoms with Crippen LogP contribution >= 0.6 is 0 Å². The minimum absolute atomic E-state index is 0.0158. The molecule has 4 rings (SSSR count). The van der Waals surface area contributed by atoms with E-state index in [9.17, 15) is 4.79 Å². The summed E-state index contributed by atoms with van der Waals surface area (Å²) in [7, 11) is 4.08. The smallest absolute Gasteiger partial charge is 0.255 e. The van der Waals surface area contributed by atoms with Crippen LogP contribution in [-0.2, 0) is 4.74 Å². The van der Waals surface area contributed by atoms with Gasteiger partial charge in [0.05, 0.1) is 18.8 Å². The van der Waals surface area contributed by atoms with Crippen molar-refractivity contribution in [2.24, 2.45) is 5.92 Å². The highest BCUT2D eigenvalue weighted by Crippen LogP contribution is 2.19. The summed E-state index contributed by atoms with van der Waals surface area (Å²) in [5.74, 6) is 0.286. The van der Waals surface area contributed by atoms with E-state index in [1.54, 1.807) is 12.5 Å². The van der Waals surface area contributed by atoms with Crippen molar-refractivity contribution < 1.29 is 9.53 Å². The molecule has 7 nitrogen and oxygen atoms in total. The van der Waals surface area contributed by atoms with Gasteiger partial charge in [-0.15, -0.1) is 0 Å². The number of aromatic nitrogens is 3. The van der Waals surface area contributed by atoms with Crippen LogP contribution in [0.25, 0.3) is 16.9 Å². The topological polar surface area (TPSA) is 63.5 Å². The number of hydrogen-bond donors (Lipinski definition) is 0. The van der Waals surface area contributed by atoms with Gasteiger partial charge >= 0.3 is 0 Å². The maximum absolute atomic E-state index is 13.1. The number of imidazole rings is 1. The maximum Gasteiger partial charge on any atom is 0.255 e. The second-order valence-corrected chi connectivity index (χ2v) is 7.47. The van der Waals surface area contributed by atoms with Gasteiger partial charge in [0.25, 0.3) is 5.91 Å². The zero-order valence-electron chi connectivity index (χ0n) is 16.3. The summed E-state index contributed by atoms with van der Waals surface area (Å²) in [5.41, 5.74) is 3.02. The molecule has 7 heteroatoms. The second kappa shape index (κ2) is 8.08. The lowest BCUT2D eigenvalue weighted by atomic mass is 10.1. The predicted octanol–water partition coefficient (Wildman–Crippen LogP) is 2.07. The second-order valence-electron chi connectivity index (χ2n) is 7.47. The standard InChI is InChI=1S/C21H25N5O2/c1-24(2)12-16-13-25(8-9-28-14-16)21(27)17-10-19-20(22-11-17)26(15-23-19)18-6-4-3-5-7-18/h3-7,10-11,15-16H,8-9,12-14H2,1-2H3. The first kappa shape index (κ1) is 18.6. The third-order valence-corrected chi connectivity index (χ3v) is 4.92. The van der Waals surface area contributed by atoms with Gasteiger partial charge in [0.1, 0.15) is 11.8 Å². The lowest BCUT2D eigenvalue weighted by molar-refractivity contribution is 0.0734. The summed E-state index contributed by atoms with van der Waals surface area (Å²) < 4.78 is 7.62. The molecule has 0 radical (unpaired) electrons. The predicted molar refractivity (Wildman–Crippen MR) is 108 cm³/mol. The molecule has 1 aliphatic rings. The van der Waals surface area contributed by atoms with Crippen molar-refractivity contribution in [2.75, 3.05) is 46.9 Å². The number of ether oxygens (including phenoxy) is 1. The Morgan fingerprint density at radius 1 is 1.25 bits per heavy atom. The first-order valence-electron chi connectivity index (χ1n) is 9.52. The molecule has 0 saturated carbocycles. The number of hydrogen-bond acceptors (Lipinski definition) is 5. The Kier molecular flexibility index (Phi) is 5.36. The Bertz CT molecular complexity index is 954. The molecule has 1 unspecified atom stereocenters. The third kappa shape index (κ3) is 3.90. The molecule has 0 spiro atoms. The van der Waals surface area contributed by atoms with Crippen LogP contribution < -0.4 is 0 Å². The number of benzene rings is 1. The summed E-state index contributed by atoms with van der Waals surface area (Å²) in [6.07, 6.45) is 3.40. The first-order chi connectivity index (χ1) is 13.6. The lowest BCUT2D eigenvalue weighted by Crippen LogP contribution is -2.38. The highest BCUT2D eigenvalue weighted by atomic mass is 16.5. The van der Waals surface area contributed by atoms with Gasteiger partial charge in [0, 0.05) is 37.4 Å². The van der Waals surface area contributed by atoms with E-state index in [0.717, 1.165) is 17.9 Å². The minimum Gasteiger partial charge on any atom is -0.379 e. The molecule has 3 heterocycles. The summed E-state index contributed by atoms with van der Waals surface area (Å²) in [5, 5.41) is 0. The Morgan fingerprint density at radius 2 is 2.07 bits per heavy atom. The van der Waals surface area contributed by atoms with E-state index in [1.807, 2.05) is 60.0 Å². The average Bonchev–Trinajstić information content (AvgIpc) is 2.99. The highest BCUT2D eigenvalue weighted by molar-refractivity contribution is 5.96. The van der Waals surface area contributed by atoms with Crippen molar-refractivity contribution in [1.82, 2.24) is 24.3 Å². The molecular formula is C21H25N5O2. The first-order valence-corrected chi connectivity index (χ1v) is 9.52. The maximum atomic E-state index is 13.1. The molecule has 146 valence electrons. The van der Waals surface area contributed by atoms with Crippen LogP contribution in [0.4, 0.5) is 0 Å². The molecule has 1 fully saturated rings. The van der Waals surface area contributed by atoms with Gasteiger partial charge in [0.2, 0.25) is 0 Å². The van der Waals surface area contributed by atoms with Crippen LogP contribution in [0.1, 0.15) is 10.4 Å². The summed E-state index contributed by atoms with van der Waals surface area (Å²) in [4.78, 5) is 26.1. The van der Waals surface area contributed by atoms with Gasteiger partial charge < -0.3 is 14.5 Å². The van der Waals surface area contributed by atoms with Gasteiger partial charge in [-0.1, -0.05) is 18.2 Å². The fraction of sp³-hybridized carbons (Fsp3) is 0.381. The number of rotatable bonds is 4. The quantitative estimate of drug-likeness (QED) is 0.694. The average molecular weight is 379 g/mol. The monoisotopic (exact) mass is 379 g/mol. The normalized spacial score (nSPS) is 17.8. The van der Waals surface area contributed by atoms with Crippen LogP contribution in [0.3, 0.4) is 0 Å². The Morgan fingerprint density at radius 3 is 2.86 bits per heavy atom. The van der Waals surface area contributed by atoms with Crippen LogP contribution in [0, 0.1) is 5.92 Å². The highest BCUT2D eigenvalue weighted by Gasteiger charge is 2.24. The van der Waals surface area contributed by atoms with Crippen molar-refractivity contribution in [3.63, 3.8) is 0 Å². The van der Waals surface area contributed by atoms with E-state index < -0.39 is 0 Å². The molecule has 1 amide bonds. The van der Waals surface area contributed by atoms with Crippen LogP contribution in [0.2, 0.25) is 0 Å². The lowest BCUT2D eigenvalue weighted by Gasteiger charge is -2.25. The number of fused-ring (bicyclic) bond motifs is 1. The zero-order chi connectivity index (χ0) is 19.5. The van der Waals surface area contributed by atoms with Gasteiger partial charge in [-0.25, -0.2) is 9.97 Å². The van der Waals surface area contributed by atoms with E-state index in [4.69, 9.17) is 4.74 Å². The summed E-state index contributed by atoms with van der Waals surface area (Å²) >= 11 is 0. The molecule has 0 bridgehead atoms. The third-order valence-electron chi connectivity index (χ3n) is 4.92. The minimum atomic E-state index is -0.0158. The summed E-state index contributed by atoms with van der Waals surface area (Å²) in [6, 6.07) is 11.8. The fourth-order valence-corrected chi connectivity index (χ4v) is 3.67. The van der Waals surface area contributed by atoms with E-state index in [-0.39, 0.29) is 5.91 Å². The molecule has 1 aromatic carbocycles. The van der Waals surface area contributed by atoms with Crippen molar-refractivity contribution in [1.29, 1.82) is 0 Å². The summed E-state index contributed by atoms with van der Waals surface area (Å²) in [6.45, 7) is 3.42.